The second-order valence-electron chi connectivity index (χ2n) is 4.20. The maximum absolute atomic E-state index is 12.7. The number of nitrogens with zero attached hydrogens (tertiary/aromatic N) is 3. The second kappa shape index (κ2) is 5.76. The SMILES string of the molecule is FC(F)C1CN(c2ncnc(C(F)(F)F)c2Br)CCN1. The summed E-state index contributed by atoms with van der Waals surface area (Å²) in [4.78, 5) is 8.33. The van der Waals surface area contributed by atoms with Crippen molar-refractivity contribution in [3.05, 3.63) is 16.5 Å². The summed E-state index contributed by atoms with van der Waals surface area (Å²) in [7, 11) is 0. The molecule has 112 valence electrons. The van der Waals surface area contributed by atoms with Crippen molar-refractivity contribution in [3.63, 3.8) is 0 Å². The maximum Gasteiger partial charge on any atom is 0.434 e. The van der Waals surface area contributed by atoms with Crippen molar-refractivity contribution in [3.8, 4) is 0 Å². The molecule has 1 atom stereocenters. The van der Waals surface area contributed by atoms with E-state index in [0.29, 0.717) is 0 Å². The summed E-state index contributed by atoms with van der Waals surface area (Å²) in [5, 5.41) is 2.61. The number of anilines is 1. The molecule has 2 rings (SSSR count). The van der Waals surface area contributed by atoms with E-state index in [1.54, 1.807) is 0 Å². The lowest BCUT2D eigenvalue weighted by Gasteiger charge is -2.34. The molecule has 1 saturated heterocycles. The minimum atomic E-state index is -4.63. The summed E-state index contributed by atoms with van der Waals surface area (Å²) in [6, 6.07) is -1.10. The Bertz CT molecular complexity index is 481. The number of hydrogen-bond acceptors (Lipinski definition) is 4. The number of halogens is 6. The van der Waals surface area contributed by atoms with Crippen molar-refractivity contribution < 1.29 is 22.0 Å². The van der Waals surface area contributed by atoms with E-state index in [1.165, 1.54) is 4.90 Å². The summed E-state index contributed by atoms with van der Waals surface area (Å²) in [5.74, 6) is -0.0283. The van der Waals surface area contributed by atoms with E-state index in [-0.39, 0.29) is 29.9 Å². The van der Waals surface area contributed by atoms with Gasteiger partial charge < -0.3 is 10.2 Å². The van der Waals surface area contributed by atoms with Crippen LogP contribution in [0.5, 0.6) is 0 Å². The molecule has 1 aromatic heterocycles. The summed E-state index contributed by atoms with van der Waals surface area (Å²) < 4.78 is 63.2. The van der Waals surface area contributed by atoms with Gasteiger partial charge in [-0.3, -0.25) is 0 Å². The molecule has 1 fully saturated rings. The number of hydrogen-bond donors (Lipinski definition) is 1. The van der Waals surface area contributed by atoms with Gasteiger partial charge in [-0.25, -0.2) is 18.7 Å². The van der Waals surface area contributed by atoms with Crippen molar-refractivity contribution >= 4 is 21.7 Å². The standard InChI is InChI=1S/C10H10BrF5N4/c11-6-7(10(14,15)16)18-4-19-9(6)20-2-1-17-5(3-20)8(12)13/h4-5,8,17H,1-3H2. The van der Waals surface area contributed by atoms with Crippen molar-refractivity contribution in [1.29, 1.82) is 0 Å². The van der Waals surface area contributed by atoms with E-state index >= 15 is 0 Å². The van der Waals surface area contributed by atoms with Gasteiger partial charge in [-0.15, -0.1) is 0 Å². The van der Waals surface area contributed by atoms with Gasteiger partial charge in [-0.1, -0.05) is 0 Å². The average Bonchev–Trinajstić information content (AvgIpc) is 2.37. The van der Waals surface area contributed by atoms with Crippen molar-refractivity contribution in [1.82, 2.24) is 15.3 Å². The molecule has 4 nitrogen and oxygen atoms in total. The molecule has 1 aromatic rings. The fourth-order valence-corrected chi connectivity index (χ4v) is 2.60. The molecule has 0 radical (unpaired) electrons. The zero-order valence-electron chi connectivity index (χ0n) is 9.96. The first-order chi connectivity index (χ1) is 9.30. The maximum atomic E-state index is 12.7. The Hall–Kier alpha value is -1.03. The third-order valence-corrected chi connectivity index (χ3v) is 3.58. The van der Waals surface area contributed by atoms with Crippen LogP contribution < -0.4 is 10.2 Å². The van der Waals surface area contributed by atoms with E-state index in [0.717, 1.165) is 6.33 Å². The Kier molecular flexibility index (Phi) is 4.43. The molecule has 1 N–H and O–H groups in total. The highest BCUT2D eigenvalue weighted by Crippen LogP contribution is 2.37. The number of alkyl halides is 5. The average molecular weight is 361 g/mol. The Morgan fingerprint density at radius 3 is 2.65 bits per heavy atom. The number of aromatic nitrogens is 2. The lowest BCUT2D eigenvalue weighted by Crippen LogP contribution is -2.54. The van der Waals surface area contributed by atoms with Crippen LogP contribution in [0, 0.1) is 0 Å². The van der Waals surface area contributed by atoms with Crippen molar-refractivity contribution in [2.24, 2.45) is 0 Å². The fourth-order valence-electron chi connectivity index (χ4n) is 1.92. The number of nitrogens with one attached hydrogen (secondary N) is 1. The van der Waals surface area contributed by atoms with Gasteiger partial charge in [0.05, 0.1) is 10.5 Å². The molecule has 0 saturated carbocycles. The molecule has 1 aliphatic rings. The Labute approximate surface area is 119 Å². The fraction of sp³-hybridized carbons (Fsp3) is 0.600. The second-order valence-corrected chi connectivity index (χ2v) is 4.99. The van der Waals surface area contributed by atoms with Crippen LogP contribution in [0.2, 0.25) is 0 Å². The molecule has 0 aliphatic carbocycles. The lowest BCUT2D eigenvalue weighted by molar-refractivity contribution is -0.141. The zero-order chi connectivity index (χ0) is 14.9. The van der Waals surface area contributed by atoms with Crippen LogP contribution in [0.4, 0.5) is 27.8 Å². The van der Waals surface area contributed by atoms with E-state index in [1.807, 2.05) is 0 Å². The molecule has 2 heterocycles. The summed E-state index contributed by atoms with van der Waals surface area (Å²) in [6.07, 6.45) is -6.45. The third kappa shape index (κ3) is 3.17. The van der Waals surface area contributed by atoms with Gasteiger partial charge in [0.25, 0.3) is 6.43 Å². The van der Waals surface area contributed by atoms with Crippen LogP contribution in [0.15, 0.2) is 10.8 Å². The highest BCUT2D eigenvalue weighted by atomic mass is 79.9. The molecule has 0 bridgehead atoms. The smallest absolute Gasteiger partial charge is 0.353 e. The van der Waals surface area contributed by atoms with Crippen molar-refractivity contribution in [2.45, 2.75) is 18.6 Å². The largest absolute Gasteiger partial charge is 0.434 e. The molecule has 10 heteroatoms. The van der Waals surface area contributed by atoms with Crippen LogP contribution in [0.3, 0.4) is 0 Å². The number of piperazine rings is 1. The van der Waals surface area contributed by atoms with Gasteiger partial charge in [0.2, 0.25) is 0 Å². The molecule has 1 aliphatic heterocycles. The zero-order valence-corrected chi connectivity index (χ0v) is 11.5. The molecule has 20 heavy (non-hydrogen) atoms. The molecule has 0 spiro atoms. The van der Waals surface area contributed by atoms with Crippen molar-refractivity contribution in [2.75, 3.05) is 24.5 Å². The van der Waals surface area contributed by atoms with Gasteiger partial charge in [-0.05, 0) is 15.9 Å². The van der Waals surface area contributed by atoms with Gasteiger partial charge in [-0.2, -0.15) is 13.2 Å². The van der Waals surface area contributed by atoms with Crippen LogP contribution in [-0.2, 0) is 6.18 Å². The van der Waals surface area contributed by atoms with E-state index < -0.39 is 24.3 Å². The summed E-state index contributed by atoms with van der Waals surface area (Å²) in [6.45, 7) is 0.410. The quantitative estimate of drug-likeness (QED) is 0.821. The molecule has 1 unspecified atom stereocenters. The van der Waals surface area contributed by atoms with E-state index in [4.69, 9.17) is 0 Å². The Balaban J connectivity index is 2.29. The van der Waals surface area contributed by atoms with Gasteiger partial charge in [0.15, 0.2) is 5.69 Å². The minimum Gasteiger partial charge on any atom is -0.353 e. The first-order valence-corrected chi connectivity index (χ1v) is 6.44. The highest BCUT2D eigenvalue weighted by molar-refractivity contribution is 9.10. The predicted molar refractivity (Wildman–Crippen MR) is 64.7 cm³/mol. The first-order valence-electron chi connectivity index (χ1n) is 5.65. The summed E-state index contributed by atoms with van der Waals surface area (Å²) in [5.41, 5.74) is -1.12. The monoisotopic (exact) mass is 360 g/mol. The topological polar surface area (TPSA) is 41.1 Å². The predicted octanol–water partition coefficient (Wildman–Crippen LogP) is 2.30. The van der Waals surface area contributed by atoms with Crippen LogP contribution in [0.1, 0.15) is 5.69 Å². The lowest BCUT2D eigenvalue weighted by atomic mass is 10.2. The molecule has 0 amide bonds. The van der Waals surface area contributed by atoms with E-state index in [9.17, 15) is 22.0 Å². The van der Waals surface area contributed by atoms with Gasteiger partial charge in [0, 0.05) is 19.6 Å². The van der Waals surface area contributed by atoms with Gasteiger partial charge >= 0.3 is 6.18 Å². The Morgan fingerprint density at radius 1 is 1.35 bits per heavy atom. The third-order valence-electron chi connectivity index (χ3n) is 2.85. The van der Waals surface area contributed by atoms with E-state index in [2.05, 4.69) is 31.2 Å². The first kappa shape index (κ1) is 15.4. The van der Waals surface area contributed by atoms with Crippen LogP contribution in [-0.4, -0.2) is 42.1 Å². The normalized spacial score (nSPS) is 20.6. The molecular weight excluding hydrogens is 351 g/mol. The summed E-state index contributed by atoms with van der Waals surface area (Å²) >= 11 is 2.81. The molecular formula is C10H10BrF5N4. The highest BCUT2D eigenvalue weighted by Gasteiger charge is 2.37. The Morgan fingerprint density at radius 2 is 2.05 bits per heavy atom. The molecule has 0 aromatic carbocycles. The van der Waals surface area contributed by atoms with Crippen LogP contribution in [0.25, 0.3) is 0 Å². The number of rotatable bonds is 2. The van der Waals surface area contributed by atoms with Crippen LogP contribution >= 0.6 is 15.9 Å². The van der Waals surface area contributed by atoms with Gasteiger partial charge in [0.1, 0.15) is 12.1 Å². The minimum absolute atomic E-state index is 0.0283.